The summed E-state index contributed by atoms with van der Waals surface area (Å²) in [6.07, 6.45) is 22.6. The van der Waals surface area contributed by atoms with E-state index >= 15 is 0 Å². The molecule has 4 aromatic carbocycles. The summed E-state index contributed by atoms with van der Waals surface area (Å²) in [6, 6.07) is 30.2. The number of rotatable bonds is 28. The summed E-state index contributed by atoms with van der Waals surface area (Å²) in [5.74, 6) is 1.97. The van der Waals surface area contributed by atoms with Crippen molar-refractivity contribution in [2.75, 3.05) is 13.2 Å². The number of aryl methyl sites for hydroxylation is 2. The lowest BCUT2D eigenvalue weighted by Crippen LogP contribution is -2.08. The maximum absolute atomic E-state index is 12.6. The van der Waals surface area contributed by atoms with Crippen molar-refractivity contribution in [3.63, 3.8) is 0 Å². The van der Waals surface area contributed by atoms with E-state index in [-0.39, 0.29) is 11.9 Å². The predicted molar refractivity (Wildman–Crippen MR) is 224 cm³/mol. The van der Waals surface area contributed by atoms with Gasteiger partial charge in [-0.15, -0.1) is 0 Å². The number of hydrogen-bond donors (Lipinski definition) is 0. The van der Waals surface area contributed by atoms with Crippen molar-refractivity contribution in [3.05, 3.63) is 119 Å². The smallest absolute Gasteiger partial charge is 0.343 e. The van der Waals surface area contributed by atoms with Gasteiger partial charge in [-0.2, -0.15) is 0 Å². The van der Waals surface area contributed by atoms with E-state index in [9.17, 15) is 9.59 Å². The monoisotopic (exact) mass is 748 g/mol. The molecule has 0 aliphatic heterocycles. The van der Waals surface area contributed by atoms with Crippen molar-refractivity contribution in [1.29, 1.82) is 0 Å². The SMILES string of the molecule is CCCCCCCOc1ccc(C(=O)Oc2ccc(CCCCCCCCCc3ccc(OC(=O)c4ccc(OCCCCCCC)cc4)cc3)cc2)cc1. The molecule has 0 saturated carbocycles. The van der Waals surface area contributed by atoms with Crippen molar-refractivity contribution in [2.45, 2.75) is 136 Å². The third-order valence-corrected chi connectivity index (χ3v) is 9.91. The Morgan fingerprint density at radius 1 is 0.364 bits per heavy atom. The average Bonchev–Trinajstić information content (AvgIpc) is 3.21. The molecule has 0 atom stereocenters. The molecule has 0 N–H and O–H groups in total. The third-order valence-electron chi connectivity index (χ3n) is 9.91. The zero-order valence-electron chi connectivity index (χ0n) is 33.5. The van der Waals surface area contributed by atoms with Crippen LogP contribution in [0.25, 0.3) is 0 Å². The number of unbranched alkanes of at least 4 members (excludes halogenated alkanes) is 14. The topological polar surface area (TPSA) is 71.1 Å². The minimum absolute atomic E-state index is 0.359. The van der Waals surface area contributed by atoms with Gasteiger partial charge in [0.05, 0.1) is 24.3 Å². The molecule has 0 radical (unpaired) electrons. The van der Waals surface area contributed by atoms with Gasteiger partial charge in [0.15, 0.2) is 0 Å². The van der Waals surface area contributed by atoms with E-state index in [0.29, 0.717) is 35.8 Å². The molecule has 4 aromatic rings. The van der Waals surface area contributed by atoms with Crippen LogP contribution < -0.4 is 18.9 Å². The summed E-state index contributed by atoms with van der Waals surface area (Å²) < 4.78 is 22.8. The van der Waals surface area contributed by atoms with Crippen molar-refractivity contribution in [3.8, 4) is 23.0 Å². The largest absolute Gasteiger partial charge is 0.494 e. The van der Waals surface area contributed by atoms with Gasteiger partial charge < -0.3 is 18.9 Å². The average molecular weight is 749 g/mol. The summed E-state index contributed by atoms with van der Waals surface area (Å²) in [5, 5.41) is 0. The normalized spacial score (nSPS) is 10.9. The molecule has 296 valence electrons. The molecular weight excluding hydrogens is 685 g/mol. The number of esters is 2. The van der Waals surface area contributed by atoms with Crippen LogP contribution in [0.5, 0.6) is 23.0 Å². The molecule has 0 amide bonds. The zero-order valence-corrected chi connectivity index (χ0v) is 33.5. The molecule has 0 aromatic heterocycles. The lowest BCUT2D eigenvalue weighted by molar-refractivity contribution is 0.0725. The zero-order chi connectivity index (χ0) is 38.8. The molecule has 4 rings (SSSR count). The van der Waals surface area contributed by atoms with Gasteiger partial charge in [-0.05, 0) is 122 Å². The number of carbonyl (C=O) groups excluding carboxylic acids is 2. The Bertz CT molecular complexity index is 1490. The van der Waals surface area contributed by atoms with Crippen LogP contribution in [0.15, 0.2) is 97.1 Å². The Morgan fingerprint density at radius 3 is 1.04 bits per heavy atom. The molecule has 6 heteroatoms. The van der Waals surface area contributed by atoms with Gasteiger partial charge in [0.25, 0.3) is 0 Å². The first-order valence-corrected chi connectivity index (χ1v) is 21.1. The summed E-state index contributed by atoms with van der Waals surface area (Å²) in [5.41, 5.74) is 3.56. The maximum Gasteiger partial charge on any atom is 0.343 e. The summed E-state index contributed by atoms with van der Waals surface area (Å²) in [7, 11) is 0. The Kier molecular flexibility index (Phi) is 20.6. The van der Waals surface area contributed by atoms with E-state index in [4.69, 9.17) is 18.9 Å². The first-order valence-electron chi connectivity index (χ1n) is 21.1. The Hall–Kier alpha value is -4.58. The van der Waals surface area contributed by atoms with Crippen LogP contribution in [0.1, 0.15) is 155 Å². The molecule has 55 heavy (non-hydrogen) atoms. The van der Waals surface area contributed by atoms with E-state index in [2.05, 4.69) is 38.1 Å². The fraction of sp³-hybridized carbons (Fsp3) is 0.469. The van der Waals surface area contributed by atoms with Crippen LogP contribution >= 0.6 is 0 Å². The number of hydrogen-bond acceptors (Lipinski definition) is 6. The lowest BCUT2D eigenvalue weighted by atomic mass is 10.0. The minimum Gasteiger partial charge on any atom is -0.494 e. The quantitative estimate of drug-likeness (QED) is 0.0327. The van der Waals surface area contributed by atoms with E-state index < -0.39 is 0 Å². The van der Waals surface area contributed by atoms with Crippen LogP contribution in [0.2, 0.25) is 0 Å². The maximum atomic E-state index is 12.6. The standard InChI is InChI=1S/C49H64O6/c1-3-5-7-14-18-38-52-44-34-26-42(27-35-44)48(50)54-46-30-22-40(23-31-46)20-16-12-10-9-11-13-17-21-41-24-32-47(33-25-41)55-49(51)43-28-36-45(37-29-43)53-39-19-15-8-6-4-2/h22-37H,3-21,38-39H2,1-2H3. The second-order valence-electron chi connectivity index (χ2n) is 14.6. The van der Waals surface area contributed by atoms with Gasteiger partial charge >= 0.3 is 11.9 Å². The van der Waals surface area contributed by atoms with Crippen LogP contribution in [0.3, 0.4) is 0 Å². The second kappa shape index (κ2) is 26.3. The highest BCUT2D eigenvalue weighted by Gasteiger charge is 2.11. The number of benzene rings is 4. The van der Waals surface area contributed by atoms with E-state index in [1.165, 1.54) is 94.6 Å². The highest BCUT2D eigenvalue weighted by atomic mass is 16.5. The molecule has 0 saturated heterocycles. The van der Waals surface area contributed by atoms with E-state index in [1.54, 1.807) is 24.3 Å². The van der Waals surface area contributed by atoms with Gasteiger partial charge in [-0.1, -0.05) is 122 Å². The number of ether oxygens (including phenoxy) is 4. The van der Waals surface area contributed by atoms with Crippen LogP contribution in [0, 0.1) is 0 Å². The molecule has 0 unspecified atom stereocenters. The Morgan fingerprint density at radius 2 is 0.673 bits per heavy atom. The molecule has 0 bridgehead atoms. The highest BCUT2D eigenvalue weighted by molar-refractivity contribution is 5.91. The van der Waals surface area contributed by atoms with Crippen molar-refractivity contribution >= 4 is 11.9 Å². The van der Waals surface area contributed by atoms with Crippen molar-refractivity contribution in [2.24, 2.45) is 0 Å². The van der Waals surface area contributed by atoms with Gasteiger partial charge in [0.2, 0.25) is 0 Å². The summed E-state index contributed by atoms with van der Waals surface area (Å²) >= 11 is 0. The van der Waals surface area contributed by atoms with Crippen LogP contribution in [-0.2, 0) is 12.8 Å². The van der Waals surface area contributed by atoms with Gasteiger partial charge in [0.1, 0.15) is 23.0 Å². The van der Waals surface area contributed by atoms with Gasteiger partial charge in [-0.25, -0.2) is 9.59 Å². The Labute approximate surface area is 331 Å². The minimum atomic E-state index is -0.359. The van der Waals surface area contributed by atoms with E-state index in [0.717, 1.165) is 50.0 Å². The van der Waals surface area contributed by atoms with Gasteiger partial charge in [0, 0.05) is 0 Å². The number of carbonyl (C=O) groups is 2. The molecule has 0 fully saturated rings. The molecule has 0 heterocycles. The lowest BCUT2D eigenvalue weighted by Gasteiger charge is -2.08. The summed E-state index contributed by atoms with van der Waals surface area (Å²) in [4.78, 5) is 25.3. The first-order chi connectivity index (χ1) is 27.0. The molecule has 0 aliphatic carbocycles. The second-order valence-corrected chi connectivity index (χ2v) is 14.6. The van der Waals surface area contributed by atoms with Gasteiger partial charge in [-0.3, -0.25) is 0 Å². The van der Waals surface area contributed by atoms with Crippen LogP contribution in [0.4, 0.5) is 0 Å². The third kappa shape index (κ3) is 17.6. The molecule has 0 spiro atoms. The van der Waals surface area contributed by atoms with Crippen molar-refractivity contribution < 1.29 is 28.5 Å². The first kappa shape index (κ1) is 43.2. The molecule has 0 aliphatic rings. The van der Waals surface area contributed by atoms with Crippen molar-refractivity contribution in [1.82, 2.24) is 0 Å². The van der Waals surface area contributed by atoms with E-state index in [1.807, 2.05) is 48.5 Å². The predicted octanol–water partition coefficient (Wildman–Crippen LogP) is 13.3. The molecule has 6 nitrogen and oxygen atoms in total. The molecular formula is C49H64O6. The van der Waals surface area contributed by atoms with Crippen LogP contribution in [-0.4, -0.2) is 25.2 Å². The summed E-state index contributed by atoms with van der Waals surface area (Å²) in [6.45, 7) is 5.84. The Balaban J connectivity index is 1.00. The fourth-order valence-electron chi connectivity index (χ4n) is 6.49. The highest BCUT2D eigenvalue weighted by Crippen LogP contribution is 2.21. The fourth-order valence-corrected chi connectivity index (χ4v) is 6.49.